The van der Waals surface area contributed by atoms with Crippen molar-refractivity contribution in [3.8, 4) is 0 Å². The summed E-state index contributed by atoms with van der Waals surface area (Å²) < 4.78 is 0. The van der Waals surface area contributed by atoms with Gasteiger partial charge in [0.15, 0.2) is 0 Å². The number of halogens is 1. The summed E-state index contributed by atoms with van der Waals surface area (Å²) in [6, 6.07) is 9.12. The molecule has 1 aromatic rings. The highest BCUT2D eigenvalue weighted by atomic mass is 35.5. The molecular formula is C16H26ClN3O2. The Morgan fingerprint density at radius 3 is 2.27 bits per heavy atom. The maximum Gasteiger partial charge on any atom is 0.239 e. The maximum atomic E-state index is 11.9. The molecule has 1 rings (SSSR count). The molecule has 0 heterocycles. The van der Waals surface area contributed by atoms with Gasteiger partial charge in [0, 0.05) is 0 Å². The predicted octanol–water partition coefficient (Wildman–Crippen LogP) is 1.78. The normalized spacial score (nSPS) is 13.0. The van der Waals surface area contributed by atoms with Crippen LogP contribution in [0.2, 0.25) is 0 Å². The highest BCUT2D eigenvalue weighted by Crippen LogP contribution is 2.15. The fourth-order valence-corrected chi connectivity index (χ4v) is 1.94. The summed E-state index contributed by atoms with van der Waals surface area (Å²) >= 11 is 0. The van der Waals surface area contributed by atoms with Gasteiger partial charge in [-0.05, 0) is 17.9 Å². The number of rotatable bonds is 7. The molecule has 0 bridgehead atoms. The standard InChI is InChI=1S/C16H25N3O2.ClH/c1-4-13(12-8-6-5-7-9-12)19-14(20)10-18-16(21)15(17)11(2)3;/h5-9,11,13,15H,4,10,17H2,1-3H3,(H,18,21)(H,19,20);1H/t13?,15-;/m0./s1. The van der Waals surface area contributed by atoms with E-state index in [4.69, 9.17) is 5.73 Å². The van der Waals surface area contributed by atoms with Crippen molar-refractivity contribution >= 4 is 24.2 Å². The smallest absolute Gasteiger partial charge is 0.239 e. The summed E-state index contributed by atoms with van der Waals surface area (Å²) in [7, 11) is 0. The van der Waals surface area contributed by atoms with Gasteiger partial charge < -0.3 is 16.4 Å². The second-order valence-electron chi connectivity index (χ2n) is 5.43. The van der Waals surface area contributed by atoms with Crippen LogP contribution in [0.15, 0.2) is 30.3 Å². The zero-order valence-electron chi connectivity index (χ0n) is 13.3. The Morgan fingerprint density at radius 1 is 1.18 bits per heavy atom. The third kappa shape index (κ3) is 6.45. The average Bonchev–Trinajstić information content (AvgIpc) is 2.50. The van der Waals surface area contributed by atoms with E-state index in [1.165, 1.54) is 0 Å². The number of amides is 2. The summed E-state index contributed by atoms with van der Waals surface area (Å²) in [6.07, 6.45) is 0.787. The van der Waals surface area contributed by atoms with Crippen LogP contribution in [-0.2, 0) is 9.59 Å². The van der Waals surface area contributed by atoms with Crippen LogP contribution in [0.5, 0.6) is 0 Å². The van der Waals surface area contributed by atoms with Crippen LogP contribution >= 0.6 is 12.4 Å². The maximum absolute atomic E-state index is 11.9. The van der Waals surface area contributed by atoms with Crippen molar-refractivity contribution in [1.29, 1.82) is 0 Å². The minimum Gasteiger partial charge on any atom is -0.348 e. The van der Waals surface area contributed by atoms with Gasteiger partial charge in [-0.2, -0.15) is 0 Å². The molecular weight excluding hydrogens is 302 g/mol. The molecule has 6 heteroatoms. The predicted molar refractivity (Wildman–Crippen MR) is 90.7 cm³/mol. The quantitative estimate of drug-likeness (QED) is 0.713. The lowest BCUT2D eigenvalue weighted by atomic mass is 10.0. The van der Waals surface area contributed by atoms with E-state index in [1.54, 1.807) is 0 Å². The summed E-state index contributed by atoms with van der Waals surface area (Å²) in [5.74, 6) is -0.469. The molecule has 0 aliphatic rings. The second-order valence-corrected chi connectivity index (χ2v) is 5.43. The zero-order chi connectivity index (χ0) is 15.8. The van der Waals surface area contributed by atoms with Crippen LogP contribution in [0.3, 0.4) is 0 Å². The van der Waals surface area contributed by atoms with Gasteiger partial charge in [-0.25, -0.2) is 0 Å². The first-order valence-corrected chi connectivity index (χ1v) is 7.33. The molecule has 0 fully saturated rings. The lowest BCUT2D eigenvalue weighted by molar-refractivity contribution is -0.127. The number of benzene rings is 1. The van der Waals surface area contributed by atoms with Gasteiger partial charge in [0.25, 0.3) is 0 Å². The van der Waals surface area contributed by atoms with Crippen molar-refractivity contribution in [2.24, 2.45) is 11.7 Å². The SMILES string of the molecule is CCC(NC(=O)CNC(=O)[C@@H](N)C(C)C)c1ccccc1.Cl. The first-order chi connectivity index (χ1) is 9.95. The molecule has 2 atom stereocenters. The third-order valence-electron chi connectivity index (χ3n) is 3.39. The van der Waals surface area contributed by atoms with Gasteiger partial charge in [-0.3, -0.25) is 9.59 Å². The second kappa shape index (κ2) is 10.2. The van der Waals surface area contributed by atoms with Gasteiger partial charge in [-0.15, -0.1) is 12.4 Å². The van der Waals surface area contributed by atoms with E-state index >= 15 is 0 Å². The number of hydrogen-bond donors (Lipinski definition) is 3. The van der Waals surface area contributed by atoms with Crippen molar-refractivity contribution in [3.05, 3.63) is 35.9 Å². The number of nitrogens with one attached hydrogen (secondary N) is 2. The minimum absolute atomic E-state index is 0. The topological polar surface area (TPSA) is 84.2 Å². The van der Waals surface area contributed by atoms with Crippen LogP contribution in [0.1, 0.15) is 38.8 Å². The molecule has 0 spiro atoms. The van der Waals surface area contributed by atoms with E-state index in [9.17, 15) is 9.59 Å². The molecule has 1 unspecified atom stereocenters. The summed E-state index contributed by atoms with van der Waals surface area (Å²) in [4.78, 5) is 23.6. The monoisotopic (exact) mass is 327 g/mol. The van der Waals surface area contributed by atoms with Crippen LogP contribution in [0, 0.1) is 5.92 Å². The number of carbonyl (C=O) groups is 2. The largest absolute Gasteiger partial charge is 0.348 e. The van der Waals surface area contributed by atoms with Crippen LogP contribution in [0.25, 0.3) is 0 Å². The lowest BCUT2D eigenvalue weighted by Gasteiger charge is -2.19. The molecule has 22 heavy (non-hydrogen) atoms. The first kappa shape index (κ1) is 20.4. The van der Waals surface area contributed by atoms with Crippen molar-refractivity contribution in [1.82, 2.24) is 10.6 Å². The van der Waals surface area contributed by atoms with Crippen LogP contribution in [-0.4, -0.2) is 24.4 Å². The summed E-state index contributed by atoms with van der Waals surface area (Å²) in [5.41, 5.74) is 6.78. The minimum atomic E-state index is -0.589. The highest BCUT2D eigenvalue weighted by molar-refractivity contribution is 5.87. The molecule has 0 aliphatic carbocycles. The van der Waals surface area contributed by atoms with Crippen molar-refractivity contribution < 1.29 is 9.59 Å². The molecule has 0 aromatic heterocycles. The fraction of sp³-hybridized carbons (Fsp3) is 0.500. The Hall–Kier alpha value is -1.59. The van der Waals surface area contributed by atoms with Gasteiger partial charge in [0.1, 0.15) is 0 Å². The van der Waals surface area contributed by atoms with E-state index < -0.39 is 6.04 Å². The zero-order valence-corrected chi connectivity index (χ0v) is 14.2. The Kier molecular flexibility index (Phi) is 9.45. The van der Waals surface area contributed by atoms with Gasteiger partial charge >= 0.3 is 0 Å². The van der Waals surface area contributed by atoms with Crippen molar-refractivity contribution in [2.45, 2.75) is 39.3 Å². The van der Waals surface area contributed by atoms with Crippen LogP contribution < -0.4 is 16.4 Å². The molecule has 0 saturated carbocycles. The van der Waals surface area contributed by atoms with E-state index in [2.05, 4.69) is 10.6 Å². The number of nitrogens with two attached hydrogens (primary N) is 1. The van der Waals surface area contributed by atoms with E-state index in [-0.39, 0.29) is 42.7 Å². The van der Waals surface area contributed by atoms with E-state index in [0.717, 1.165) is 12.0 Å². The average molecular weight is 328 g/mol. The molecule has 124 valence electrons. The molecule has 0 saturated heterocycles. The van der Waals surface area contributed by atoms with Gasteiger partial charge in [0.05, 0.1) is 18.6 Å². The van der Waals surface area contributed by atoms with E-state index in [1.807, 2.05) is 51.1 Å². The highest BCUT2D eigenvalue weighted by Gasteiger charge is 2.18. The molecule has 2 amide bonds. The Bertz CT molecular complexity index is 466. The summed E-state index contributed by atoms with van der Waals surface area (Å²) in [6.45, 7) is 5.69. The third-order valence-corrected chi connectivity index (χ3v) is 3.39. The van der Waals surface area contributed by atoms with Gasteiger partial charge in [0.2, 0.25) is 11.8 Å². The van der Waals surface area contributed by atoms with Crippen LogP contribution in [0.4, 0.5) is 0 Å². The number of hydrogen-bond acceptors (Lipinski definition) is 3. The Labute approximate surface area is 138 Å². The summed E-state index contributed by atoms with van der Waals surface area (Å²) in [5, 5.41) is 5.48. The Morgan fingerprint density at radius 2 is 1.77 bits per heavy atom. The first-order valence-electron chi connectivity index (χ1n) is 7.33. The van der Waals surface area contributed by atoms with Gasteiger partial charge in [-0.1, -0.05) is 51.1 Å². The number of carbonyl (C=O) groups excluding carboxylic acids is 2. The van der Waals surface area contributed by atoms with Crippen molar-refractivity contribution in [3.63, 3.8) is 0 Å². The fourth-order valence-electron chi connectivity index (χ4n) is 1.94. The molecule has 5 nitrogen and oxygen atoms in total. The van der Waals surface area contributed by atoms with Crippen molar-refractivity contribution in [2.75, 3.05) is 6.54 Å². The molecule has 0 aliphatic heterocycles. The Balaban J connectivity index is 0.00000441. The molecule has 1 aromatic carbocycles. The molecule has 0 radical (unpaired) electrons. The lowest BCUT2D eigenvalue weighted by Crippen LogP contribution is -2.47. The van der Waals surface area contributed by atoms with E-state index in [0.29, 0.717) is 0 Å². The molecule has 4 N–H and O–H groups in total.